The van der Waals surface area contributed by atoms with Crippen molar-refractivity contribution in [1.82, 2.24) is 4.98 Å². The van der Waals surface area contributed by atoms with Crippen LogP contribution in [0.25, 0.3) is 0 Å². The fourth-order valence-electron chi connectivity index (χ4n) is 2.00. The minimum atomic E-state index is -0.478. The predicted molar refractivity (Wildman–Crippen MR) is 90.9 cm³/mol. The first-order valence-corrected chi connectivity index (χ1v) is 8.39. The summed E-state index contributed by atoms with van der Waals surface area (Å²) in [6.07, 6.45) is 0.271. The van der Waals surface area contributed by atoms with E-state index in [1.54, 1.807) is 12.3 Å². The number of ether oxygens (including phenoxy) is 1. The molecule has 1 heterocycles. The number of benzene rings is 1. The third-order valence-electron chi connectivity index (χ3n) is 3.25. The molecule has 0 aliphatic rings. The zero-order chi connectivity index (χ0) is 16.8. The van der Waals surface area contributed by atoms with Gasteiger partial charge < -0.3 is 10.1 Å². The minimum absolute atomic E-state index is 0.160. The molecule has 23 heavy (non-hydrogen) atoms. The van der Waals surface area contributed by atoms with Gasteiger partial charge in [-0.25, -0.2) is 9.78 Å². The van der Waals surface area contributed by atoms with Crippen LogP contribution in [0.5, 0.6) is 0 Å². The van der Waals surface area contributed by atoms with Crippen LogP contribution in [-0.2, 0) is 16.0 Å². The van der Waals surface area contributed by atoms with Crippen molar-refractivity contribution in [3.63, 3.8) is 0 Å². The van der Waals surface area contributed by atoms with Gasteiger partial charge in [0.05, 0.1) is 13.0 Å². The maximum atomic E-state index is 12.0. The lowest BCUT2D eigenvalue weighted by atomic mass is 10.0. The van der Waals surface area contributed by atoms with E-state index in [9.17, 15) is 9.59 Å². The lowest BCUT2D eigenvalue weighted by Crippen LogP contribution is -2.14. The van der Waals surface area contributed by atoms with Crippen molar-refractivity contribution < 1.29 is 14.3 Å². The van der Waals surface area contributed by atoms with Crippen molar-refractivity contribution in [1.29, 1.82) is 0 Å². The summed E-state index contributed by atoms with van der Waals surface area (Å²) < 4.78 is 4.86. The second-order valence-electron chi connectivity index (χ2n) is 5.38. The minimum Gasteiger partial charge on any atom is -0.461 e. The number of esters is 1. The van der Waals surface area contributed by atoms with Crippen LogP contribution in [0.2, 0.25) is 0 Å². The number of carbonyl (C=O) groups is 2. The number of anilines is 1. The number of hydrogen-bond donors (Lipinski definition) is 1. The Hall–Kier alpha value is -2.21. The summed E-state index contributed by atoms with van der Waals surface area (Å²) in [5, 5.41) is 4.68. The maximum absolute atomic E-state index is 12.0. The lowest BCUT2D eigenvalue weighted by Gasteiger charge is -2.06. The molecule has 2 aromatic rings. The zero-order valence-corrected chi connectivity index (χ0v) is 14.3. The number of hydrogen-bond acceptors (Lipinski definition) is 5. The predicted octanol–water partition coefficient (Wildman–Crippen LogP) is 3.62. The van der Waals surface area contributed by atoms with Gasteiger partial charge in [0.1, 0.15) is 0 Å². The van der Waals surface area contributed by atoms with E-state index in [1.165, 1.54) is 16.9 Å². The molecule has 6 heteroatoms. The molecule has 2 rings (SSSR count). The van der Waals surface area contributed by atoms with Gasteiger partial charge in [0.25, 0.3) is 0 Å². The number of rotatable bonds is 6. The fourth-order valence-corrected chi connectivity index (χ4v) is 2.70. The Morgan fingerprint density at radius 2 is 1.96 bits per heavy atom. The molecule has 0 fully saturated rings. The van der Waals surface area contributed by atoms with E-state index >= 15 is 0 Å². The highest BCUT2D eigenvalue weighted by Crippen LogP contribution is 2.18. The molecule has 0 saturated carbocycles. The largest absolute Gasteiger partial charge is 0.461 e. The average molecular weight is 332 g/mol. The number of thiazole rings is 1. The summed E-state index contributed by atoms with van der Waals surface area (Å²) in [5.74, 6) is -0.171. The number of amides is 1. The van der Waals surface area contributed by atoms with Gasteiger partial charge in [0, 0.05) is 5.38 Å². The van der Waals surface area contributed by atoms with Gasteiger partial charge in [-0.15, -0.1) is 11.3 Å². The number of carbonyl (C=O) groups excluding carboxylic acids is 2. The fraction of sp³-hybridized carbons (Fsp3) is 0.353. The number of nitrogens with zero attached hydrogens (tertiary/aromatic N) is 1. The summed E-state index contributed by atoms with van der Waals surface area (Å²) in [4.78, 5) is 27.6. The molecular weight excluding hydrogens is 312 g/mol. The molecule has 0 saturated heterocycles. The molecule has 0 aliphatic heterocycles. The average Bonchev–Trinajstić information content (AvgIpc) is 2.96. The van der Waals surface area contributed by atoms with E-state index in [-0.39, 0.29) is 18.0 Å². The van der Waals surface area contributed by atoms with Crippen LogP contribution in [0.15, 0.2) is 29.6 Å². The first kappa shape index (κ1) is 17.1. The highest BCUT2D eigenvalue weighted by molar-refractivity contribution is 7.14. The Kier molecular flexibility index (Phi) is 5.87. The van der Waals surface area contributed by atoms with E-state index in [2.05, 4.69) is 24.1 Å². The summed E-state index contributed by atoms with van der Waals surface area (Å²) >= 11 is 1.21. The van der Waals surface area contributed by atoms with Crippen molar-refractivity contribution in [3.05, 3.63) is 46.5 Å². The van der Waals surface area contributed by atoms with Gasteiger partial charge in [-0.1, -0.05) is 38.1 Å². The van der Waals surface area contributed by atoms with Gasteiger partial charge in [0.15, 0.2) is 10.8 Å². The van der Waals surface area contributed by atoms with E-state index < -0.39 is 5.97 Å². The molecule has 1 amide bonds. The summed E-state index contributed by atoms with van der Waals surface area (Å²) in [7, 11) is 0. The Morgan fingerprint density at radius 3 is 2.57 bits per heavy atom. The van der Waals surface area contributed by atoms with Crippen LogP contribution in [0.1, 0.15) is 48.3 Å². The van der Waals surface area contributed by atoms with E-state index in [4.69, 9.17) is 4.74 Å². The highest BCUT2D eigenvalue weighted by Gasteiger charge is 2.13. The number of aromatic nitrogens is 1. The second kappa shape index (κ2) is 7.87. The van der Waals surface area contributed by atoms with Crippen molar-refractivity contribution >= 4 is 28.3 Å². The first-order valence-electron chi connectivity index (χ1n) is 7.51. The van der Waals surface area contributed by atoms with Crippen LogP contribution in [0, 0.1) is 0 Å². The summed E-state index contributed by atoms with van der Waals surface area (Å²) in [6.45, 7) is 6.29. The van der Waals surface area contributed by atoms with Crippen LogP contribution in [-0.4, -0.2) is 23.5 Å². The van der Waals surface area contributed by atoms with Gasteiger partial charge >= 0.3 is 5.97 Å². The summed E-state index contributed by atoms with van der Waals surface area (Å²) in [5.41, 5.74) is 2.40. The first-order chi connectivity index (χ1) is 11.0. The second-order valence-corrected chi connectivity index (χ2v) is 6.24. The molecule has 0 radical (unpaired) electrons. The molecule has 0 aliphatic carbocycles. The molecule has 122 valence electrons. The molecular formula is C17H20N2O3S. The molecule has 0 spiro atoms. The van der Waals surface area contributed by atoms with Gasteiger partial charge in [-0.2, -0.15) is 0 Å². The standard InChI is InChI=1S/C17H20N2O3S/c1-4-22-16(21)14-10-23-17(18-14)19-15(20)9-12-5-7-13(8-6-12)11(2)3/h5-8,10-11H,4,9H2,1-3H3,(H,18,19,20). The van der Waals surface area contributed by atoms with Gasteiger partial charge in [-0.3, -0.25) is 4.79 Å². The number of nitrogens with one attached hydrogen (secondary N) is 1. The monoisotopic (exact) mass is 332 g/mol. The van der Waals surface area contributed by atoms with Crippen molar-refractivity contribution in [2.45, 2.75) is 33.1 Å². The lowest BCUT2D eigenvalue weighted by molar-refractivity contribution is -0.115. The third-order valence-corrected chi connectivity index (χ3v) is 4.00. The normalized spacial score (nSPS) is 10.6. The Morgan fingerprint density at radius 1 is 1.26 bits per heavy atom. The van der Waals surface area contributed by atoms with E-state index in [0.717, 1.165) is 5.56 Å². The Bertz CT molecular complexity index is 677. The topological polar surface area (TPSA) is 68.3 Å². The zero-order valence-electron chi connectivity index (χ0n) is 13.5. The molecule has 0 unspecified atom stereocenters. The molecule has 1 N–H and O–H groups in total. The molecule has 1 aromatic heterocycles. The molecule has 1 aromatic carbocycles. The van der Waals surface area contributed by atoms with Gasteiger partial charge in [-0.05, 0) is 24.0 Å². The smallest absolute Gasteiger partial charge is 0.357 e. The quantitative estimate of drug-likeness (QED) is 0.820. The maximum Gasteiger partial charge on any atom is 0.357 e. The Balaban J connectivity index is 1.93. The van der Waals surface area contributed by atoms with Crippen molar-refractivity contribution in [2.75, 3.05) is 11.9 Å². The van der Waals surface area contributed by atoms with E-state index in [1.807, 2.05) is 24.3 Å². The Labute approximate surface area is 139 Å². The highest BCUT2D eigenvalue weighted by atomic mass is 32.1. The van der Waals surface area contributed by atoms with Crippen LogP contribution in [0.4, 0.5) is 5.13 Å². The molecule has 0 bridgehead atoms. The summed E-state index contributed by atoms with van der Waals surface area (Å²) in [6, 6.07) is 7.99. The third kappa shape index (κ3) is 4.89. The SMILES string of the molecule is CCOC(=O)c1csc(NC(=O)Cc2ccc(C(C)C)cc2)n1. The van der Waals surface area contributed by atoms with Crippen LogP contribution in [0.3, 0.4) is 0 Å². The van der Waals surface area contributed by atoms with Crippen molar-refractivity contribution in [3.8, 4) is 0 Å². The van der Waals surface area contributed by atoms with Gasteiger partial charge in [0.2, 0.25) is 5.91 Å². The van der Waals surface area contributed by atoms with Crippen molar-refractivity contribution in [2.24, 2.45) is 0 Å². The van der Waals surface area contributed by atoms with Crippen LogP contribution < -0.4 is 5.32 Å². The van der Waals surface area contributed by atoms with Crippen LogP contribution >= 0.6 is 11.3 Å². The van der Waals surface area contributed by atoms with E-state index in [0.29, 0.717) is 17.7 Å². The molecule has 5 nitrogen and oxygen atoms in total. The molecule has 0 atom stereocenters.